The summed E-state index contributed by atoms with van der Waals surface area (Å²) in [5.41, 5.74) is 0. The summed E-state index contributed by atoms with van der Waals surface area (Å²) in [6.45, 7) is 1.72. The second-order valence-electron chi connectivity index (χ2n) is 2.35. The molecule has 0 aliphatic heterocycles. The highest BCUT2D eigenvalue weighted by molar-refractivity contribution is 5.85. The molecule has 1 N–H and O–H groups in total. The largest absolute Gasteiger partial charge is 0.460 e. The van der Waals surface area contributed by atoms with Crippen LogP contribution in [0.15, 0.2) is 0 Å². The van der Waals surface area contributed by atoms with Crippen LogP contribution in [0, 0.1) is 0 Å². The Bertz CT molecular complexity index is 308. The summed E-state index contributed by atoms with van der Waals surface area (Å²) in [7, 11) is 1.57. The lowest BCUT2D eigenvalue weighted by molar-refractivity contribution is 0.0506. The van der Waals surface area contributed by atoms with Gasteiger partial charge in [-0.2, -0.15) is 5.10 Å². The van der Waals surface area contributed by atoms with E-state index < -0.39 is 5.97 Å². The van der Waals surface area contributed by atoms with Crippen molar-refractivity contribution in [1.29, 1.82) is 0 Å². The third kappa shape index (κ3) is 2.03. The highest BCUT2D eigenvalue weighted by atomic mass is 16.5. The second kappa shape index (κ2) is 3.99. The lowest BCUT2D eigenvalue weighted by atomic mass is 10.6. The van der Waals surface area contributed by atoms with E-state index >= 15 is 0 Å². The Morgan fingerprint density at radius 3 is 2.85 bits per heavy atom. The first kappa shape index (κ1) is 9.66. The number of hydrogen-bond donors (Lipinski definition) is 1. The van der Waals surface area contributed by atoms with Crippen LogP contribution in [0.2, 0.25) is 0 Å². The molecule has 0 aromatic carbocycles. The van der Waals surface area contributed by atoms with Gasteiger partial charge in [0.15, 0.2) is 5.82 Å². The van der Waals surface area contributed by atoms with Gasteiger partial charge in [0.05, 0.1) is 6.61 Å². The van der Waals surface area contributed by atoms with Crippen molar-refractivity contribution in [2.24, 2.45) is 7.05 Å². The Hall–Kier alpha value is -1.43. The third-order valence-corrected chi connectivity index (χ3v) is 1.41. The summed E-state index contributed by atoms with van der Waals surface area (Å²) in [5, 5.41) is 12.5. The van der Waals surface area contributed by atoms with E-state index in [9.17, 15) is 4.79 Å². The number of aromatic nitrogens is 3. The first-order chi connectivity index (χ1) is 6.19. The van der Waals surface area contributed by atoms with Crippen molar-refractivity contribution in [3.63, 3.8) is 0 Å². The lowest BCUT2D eigenvalue weighted by Gasteiger charge is -1.98. The number of ether oxygens (including phenoxy) is 1. The first-order valence-corrected chi connectivity index (χ1v) is 3.87. The molecule has 0 fully saturated rings. The zero-order valence-electron chi connectivity index (χ0n) is 7.52. The molecule has 13 heavy (non-hydrogen) atoms. The molecule has 0 atom stereocenters. The molecule has 1 heterocycles. The molecule has 0 amide bonds. The number of carbonyl (C=O) groups is 1. The average Bonchev–Trinajstić information content (AvgIpc) is 2.47. The molecule has 0 aliphatic rings. The van der Waals surface area contributed by atoms with Crippen LogP contribution in [-0.4, -0.2) is 32.4 Å². The number of aryl methyl sites for hydroxylation is 1. The van der Waals surface area contributed by atoms with Gasteiger partial charge in [0.25, 0.3) is 0 Å². The van der Waals surface area contributed by atoms with Gasteiger partial charge in [-0.15, -0.1) is 0 Å². The summed E-state index contributed by atoms with van der Waals surface area (Å²) >= 11 is 0. The molecule has 0 saturated carbocycles. The second-order valence-corrected chi connectivity index (χ2v) is 2.35. The molecule has 0 bridgehead atoms. The minimum Gasteiger partial charge on any atom is -0.460 e. The molecule has 72 valence electrons. The van der Waals surface area contributed by atoms with Gasteiger partial charge in [-0.3, -0.25) is 0 Å². The predicted octanol–water partition coefficient (Wildman–Crippen LogP) is -0.516. The van der Waals surface area contributed by atoms with Gasteiger partial charge in [-0.05, 0) is 6.92 Å². The number of aliphatic hydroxyl groups excluding tert-OH is 1. The molecule has 1 aromatic rings. The van der Waals surface area contributed by atoms with E-state index in [1.165, 1.54) is 4.68 Å². The van der Waals surface area contributed by atoms with Crippen molar-refractivity contribution in [1.82, 2.24) is 14.8 Å². The van der Waals surface area contributed by atoms with Crippen LogP contribution in [0.5, 0.6) is 0 Å². The van der Waals surface area contributed by atoms with Gasteiger partial charge in [0.1, 0.15) is 6.61 Å². The van der Waals surface area contributed by atoms with Crippen LogP contribution < -0.4 is 0 Å². The van der Waals surface area contributed by atoms with Crippen LogP contribution in [-0.2, 0) is 18.4 Å². The Kier molecular flexibility index (Phi) is 2.97. The maximum absolute atomic E-state index is 11.2. The summed E-state index contributed by atoms with van der Waals surface area (Å²) in [5.74, 6) is -0.214. The maximum atomic E-state index is 11.2. The fourth-order valence-electron chi connectivity index (χ4n) is 0.878. The molecule has 0 unspecified atom stereocenters. The lowest BCUT2D eigenvalue weighted by Crippen LogP contribution is -2.11. The maximum Gasteiger partial charge on any atom is 0.376 e. The van der Waals surface area contributed by atoms with Gasteiger partial charge in [0.2, 0.25) is 5.82 Å². The molecule has 0 radical (unpaired) electrons. The van der Waals surface area contributed by atoms with Gasteiger partial charge in [-0.25, -0.2) is 14.5 Å². The van der Waals surface area contributed by atoms with Crippen molar-refractivity contribution in [3.8, 4) is 0 Å². The van der Waals surface area contributed by atoms with Crippen molar-refractivity contribution in [2.45, 2.75) is 13.5 Å². The number of hydrogen-bond acceptors (Lipinski definition) is 5. The van der Waals surface area contributed by atoms with E-state index in [-0.39, 0.29) is 18.3 Å². The number of aliphatic hydroxyl groups is 1. The van der Waals surface area contributed by atoms with Crippen LogP contribution in [0.4, 0.5) is 0 Å². The summed E-state index contributed by atoms with van der Waals surface area (Å²) in [6, 6.07) is 0. The zero-order valence-corrected chi connectivity index (χ0v) is 7.52. The molecule has 0 saturated heterocycles. The average molecular weight is 185 g/mol. The van der Waals surface area contributed by atoms with Crippen molar-refractivity contribution in [3.05, 3.63) is 11.6 Å². The molecular weight excluding hydrogens is 174 g/mol. The molecule has 0 aliphatic carbocycles. The van der Waals surface area contributed by atoms with Crippen LogP contribution in [0.1, 0.15) is 23.4 Å². The highest BCUT2D eigenvalue weighted by Crippen LogP contribution is 1.98. The van der Waals surface area contributed by atoms with E-state index in [1.54, 1.807) is 14.0 Å². The smallest absolute Gasteiger partial charge is 0.376 e. The first-order valence-electron chi connectivity index (χ1n) is 3.87. The monoisotopic (exact) mass is 185 g/mol. The predicted molar refractivity (Wildman–Crippen MR) is 42.9 cm³/mol. The number of nitrogens with zero attached hydrogens (tertiary/aromatic N) is 3. The molecule has 1 rings (SSSR count). The standard InChI is InChI=1S/C7H11N3O3/c1-3-13-7(12)6-8-5(4-11)9-10(6)2/h11H,3-4H2,1-2H3. The normalized spacial score (nSPS) is 10.1. The van der Waals surface area contributed by atoms with Gasteiger partial charge in [0, 0.05) is 7.05 Å². The molecule has 6 nitrogen and oxygen atoms in total. The topological polar surface area (TPSA) is 77.2 Å². The minimum absolute atomic E-state index is 0.103. The van der Waals surface area contributed by atoms with Gasteiger partial charge >= 0.3 is 5.97 Å². The fourth-order valence-corrected chi connectivity index (χ4v) is 0.878. The van der Waals surface area contributed by atoms with Crippen LogP contribution in [0.3, 0.4) is 0 Å². The van der Waals surface area contributed by atoms with Gasteiger partial charge in [-0.1, -0.05) is 0 Å². The van der Waals surface area contributed by atoms with E-state index in [2.05, 4.69) is 10.1 Å². The van der Waals surface area contributed by atoms with Crippen LogP contribution >= 0.6 is 0 Å². The zero-order chi connectivity index (χ0) is 9.84. The van der Waals surface area contributed by atoms with Crippen molar-refractivity contribution < 1.29 is 14.6 Å². The van der Waals surface area contributed by atoms with Crippen molar-refractivity contribution in [2.75, 3.05) is 6.61 Å². The summed E-state index contributed by atoms with van der Waals surface area (Å²) in [4.78, 5) is 14.9. The highest BCUT2D eigenvalue weighted by Gasteiger charge is 2.15. The number of esters is 1. The SMILES string of the molecule is CCOC(=O)c1nc(CO)nn1C. The van der Waals surface area contributed by atoms with E-state index in [4.69, 9.17) is 9.84 Å². The molecule has 1 aromatic heterocycles. The van der Waals surface area contributed by atoms with E-state index in [0.29, 0.717) is 6.61 Å². The van der Waals surface area contributed by atoms with Crippen molar-refractivity contribution >= 4 is 5.97 Å². The van der Waals surface area contributed by atoms with Crippen LogP contribution in [0.25, 0.3) is 0 Å². The number of carbonyl (C=O) groups excluding carboxylic acids is 1. The Balaban J connectivity index is 2.87. The number of rotatable bonds is 3. The third-order valence-electron chi connectivity index (χ3n) is 1.41. The quantitative estimate of drug-likeness (QED) is 0.641. The Morgan fingerprint density at radius 1 is 1.69 bits per heavy atom. The molecule has 0 spiro atoms. The van der Waals surface area contributed by atoms with Gasteiger partial charge < -0.3 is 9.84 Å². The minimum atomic E-state index is -0.530. The van der Waals surface area contributed by atoms with E-state index in [1.807, 2.05) is 0 Å². The fraction of sp³-hybridized carbons (Fsp3) is 0.571. The summed E-state index contributed by atoms with van der Waals surface area (Å²) in [6.07, 6.45) is 0. The van der Waals surface area contributed by atoms with E-state index in [0.717, 1.165) is 0 Å². The Labute approximate surface area is 75.2 Å². The summed E-state index contributed by atoms with van der Waals surface area (Å²) < 4.78 is 6.00. The Morgan fingerprint density at radius 2 is 2.38 bits per heavy atom. The molecular formula is C7H11N3O3. The molecule has 6 heteroatoms.